The number of hydrogen-bond donors (Lipinski definition) is 2. The van der Waals surface area contributed by atoms with Gasteiger partial charge in [0.05, 0.1) is 0 Å². The molecule has 0 radical (unpaired) electrons. The maximum absolute atomic E-state index is 4.00. The molecule has 0 aliphatic rings. The first kappa shape index (κ1) is 23.6. The van der Waals surface area contributed by atoms with Crippen LogP contribution < -0.4 is 11.7 Å². The van der Waals surface area contributed by atoms with Crippen molar-refractivity contribution in [1.29, 1.82) is 0 Å². The van der Waals surface area contributed by atoms with Crippen LogP contribution in [0.25, 0.3) is 0 Å². The van der Waals surface area contributed by atoms with E-state index in [1.165, 1.54) is 0 Å². The van der Waals surface area contributed by atoms with Gasteiger partial charge < -0.3 is 5.48 Å². The molecule has 3 nitrogen and oxygen atoms in total. The van der Waals surface area contributed by atoms with E-state index in [2.05, 4.69) is 11.7 Å². The summed E-state index contributed by atoms with van der Waals surface area (Å²) < 4.78 is 0. The van der Waals surface area contributed by atoms with Crippen LogP contribution in [-0.2, 0) is 21.1 Å². The number of hydrazine groups is 1. The Hall–Kier alpha value is 0.568. The Labute approximate surface area is 38.9 Å². The van der Waals surface area contributed by atoms with Crippen LogP contribution in [0.5, 0.6) is 0 Å². The van der Waals surface area contributed by atoms with Crippen molar-refractivity contribution in [1.82, 2.24) is 0 Å². The molecule has 4 heteroatoms. The fourth-order valence-corrected chi connectivity index (χ4v) is 0. The average molecular weight is 245 g/mol. The molecule has 6 N–H and O–H groups in total. The molecule has 0 bridgehead atoms. The number of nitrogens with two attached hydrogens (primary N) is 2. The molecular weight excluding hydrogens is 239 g/mol. The summed E-state index contributed by atoms with van der Waals surface area (Å²) in [7, 11) is 0. The predicted molar refractivity (Wildman–Crippen MR) is 12.0 cm³/mol. The van der Waals surface area contributed by atoms with E-state index in [9.17, 15) is 0 Å². The molecule has 0 aliphatic carbocycles. The molecule has 32 valence electrons. The molecule has 0 aromatic rings. The van der Waals surface area contributed by atoms with Crippen LogP contribution in [-0.4, -0.2) is 5.48 Å². The van der Waals surface area contributed by atoms with Crippen molar-refractivity contribution in [2.45, 2.75) is 0 Å². The van der Waals surface area contributed by atoms with Crippen molar-refractivity contribution in [2.24, 2.45) is 11.7 Å². The van der Waals surface area contributed by atoms with Gasteiger partial charge >= 0.3 is 0 Å². The minimum atomic E-state index is 0. The summed E-state index contributed by atoms with van der Waals surface area (Å²) >= 11 is 0. The molecular formula is H6N2OPt. The Bertz CT molecular complexity index is 6.00. The van der Waals surface area contributed by atoms with Gasteiger partial charge in [0.15, 0.2) is 0 Å². The van der Waals surface area contributed by atoms with E-state index >= 15 is 0 Å². The molecule has 0 heterocycles. The second-order valence-electron chi connectivity index (χ2n) is 0. The average Bonchev–Trinajstić information content (AvgIpc) is 1.00. The third kappa shape index (κ3) is 19.6. The van der Waals surface area contributed by atoms with Gasteiger partial charge in [0, 0.05) is 21.1 Å². The molecule has 0 aromatic carbocycles. The summed E-state index contributed by atoms with van der Waals surface area (Å²) in [6.45, 7) is 0. The summed E-state index contributed by atoms with van der Waals surface area (Å²) in [6.07, 6.45) is 0. The molecule has 0 unspecified atom stereocenters. The van der Waals surface area contributed by atoms with Gasteiger partial charge in [-0.2, -0.15) is 0 Å². The van der Waals surface area contributed by atoms with Gasteiger partial charge in [0.2, 0.25) is 0 Å². The number of hydrogen-bond acceptors (Lipinski definition) is 2. The third-order valence-electron chi connectivity index (χ3n) is 0. The maximum atomic E-state index is 4.00. The second-order valence-corrected chi connectivity index (χ2v) is 0. The standard InChI is InChI=1S/H4N2.H2O.Pt/c1-2;;/h1-2H2;1H2;. The molecule has 0 amide bonds. The van der Waals surface area contributed by atoms with E-state index in [4.69, 9.17) is 0 Å². The molecule has 0 aliphatic heterocycles. The predicted octanol–water partition coefficient (Wildman–Crippen LogP) is -2.01. The molecule has 0 fully saturated rings. The quantitative estimate of drug-likeness (QED) is 0.382. The van der Waals surface area contributed by atoms with Crippen molar-refractivity contribution in [3.8, 4) is 0 Å². The van der Waals surface area contributed by atoms with E-state index < -0.39 is 0 Å². The van der Waals surface area contributed by atoms with Gasteiger partial charge in [-0.15, -0.1) is 0 Å². The molecule has 0 saturated heterocycles. The maximum Gasteiger partial charge on any atom is 0 e. The summed E-state index contributed by atoms with van der Waals surface area (Å²) in [6, 6.07) is 0. The van der Waals surface area contributed by atoms with Crippen LogP contribution in [0.1, 0.15) is 0 Å². The van der Waals surface area contributed by atoms with Crippen molar-refractivity contribution >= 4 is 0 Å². The Morgan fingerprint density at radius 3 is 1.00 bits per heavy atom. The van der Waals surface area contributed by atoms with E-state index in [0.29, 0.717) is 0 Å². The Kier molecular flexibility index (Phi) is 431. The zero-order chi connectivity index (χ0) is 2.00. The zero-order valence-corrected chi connectivity index (χ0v) is 4.24. The summed E-state index contributed by atoms with van der Waals surface area (Å²) in [4.78, 5) is 0. The van der Waals surface area contributed by atoms with Crippen LogP contribution in [0.4, 0.5) is 0 Å². The minimum Gasteiger partial charge on any atom is -0.412 e. The molecule has 0 rings (SSSR count). The molecule has 0 aromatic heterocycles. The van der Waals surface area contributed by atoms with Crippen molar-refractivity contribution in [3.63, 3.8) is 0 Å². The van der Waals surface area contributed by atoms with E-state index in [1.54, 1.807) is 0 Å². The smallest absolute Gasteiger partial charge is 0 e. The first-order valence-electron chi connectivity index (χ1n) is 0.333. The minimum absolute atomic E-state index is 0. The molecule has 4 heavy (non-hydrogen) atoms. The largest absolute Gasteiger partial charge is 0.412 e. The molecule has 0 spiro atoms. The molecule has 0 saturated carbocycles. The Morgan fingerprint density at radius 1 is 1.00 bits per heavy atom. The normalized spacial score (nSPS) is 1.50. The summed E-state index contributed by atoms with van der Waals surface area (Å²) in [5.41, 5.74) is 0. The fourth-order valence-electron chi connectivity index (χ4n) is 0. The topological polar surface area (TPSA) is 83.5 Å². The van der Waals surface area contributed by atoms with E-state index in [-0.39, 0.29) is 26.5 Å². The fraction of sp³-hybridized carbons (Fsp3) is 0. The number of rotatable bonds is 0. The Morgan fingerprint density at radius 2 is 1.00 bits per heavy atom. The third-order valence-corrected chi connectivity index (χ3v) is 0. The van der Waals surface area contributed by atoms with Crippen LogP contribution in [0.15, 0.2) is 0 Å². The van der Waals surface area contributed by atoms with E-state index in [0.717, 1.165) is 0 Å². The summed E-state index contributed by atoms with van der Waals surface area (Å²) in [5, 5.41) is 0. The van der Waals surface area contributed by atoms with Gasteiger partial charge in [0.25, 0.3) is 0 Å². The van der Waals surface area contributed by atoms with Crippen LogP contribution in [0, 0.1) is 0 Å². The van der Waals surface area contributed by atoms with Crippen molar-refractivity contribution < 1.29 is 26.5 Å². The monoisotopic (exact) mass is 245 g/mol. The van der Waals surface area contributed by atoms with Gasteiger partial charge in [-0.3, -0.25) is 11.7 Å². The van der Waals surface area contributed by atoms with Gasteiger partial charge in [-0.05, 0) is 0 Å². The van der Waals surface area contributed by atoms with E-state index in [1.807, 2.05) is 0 Å². The first-order valence-corrected chi connectivity index (χ1v) is 0.333. The molecule has 0 atom stereocenters. The first-order chi connectivity index (χ1) is 1.00. The van der Waals surface area contributed by atoms with Crippen molar-refractivity contribution in [3.05, 3.63) is 0 Å². The van der Waals surface area contributed by atoms with Crippen LogP contribution in [0.3, 0.4) is 0 Å². The van der Waals surface area contributed by atoms with Crippen LogP contribution >= 0.6 is 0 Å². The zero-order valence-electron chi connectivity index (χ0n) is 1.97. The summed E-state index contributed by atoms with van der Waals surface area (Å²) in [5.74, 6) is 8.00. The Balaban J connectivity index is -0.00000000500. The van der Waals surface area contributed by atoms with Gasteiger partial charge in [0.1, 0.15) is 0 Å². The van der Waals surface area contributed by atoms with Gasteiger partial charge in [-0.1, -0.05) is 0 Å². The van der Waals surface area contributed by atoms with Crippen LogP contribution in [0.2, 0.25) is 0 Å². The van der Waals surface area contributed by atoms with Gasteiger partial charge in [-0.25, -0.2) is 0 Å². The van der Waals surface area contributed by atoms with Crippen molar-refractivity contribution in [2.75, 3.05) is 0 Å². The SMILES string of the molecule is NN.O.[Pt]. The second kappa shape index (κ2) is 72.9.